The predicted molar refractivity (Wildman–Crippen MR) is 111 cm³/mol. The van der Waals surface area contributed by atoms with Gasteiger partial charge in [0.15, 0.2) is 0 Å². The van der Waals surface area contributed by atoms with Crippen LogP contribution in [0.15, 0.2) is 36.7 Å². The minimum Gasteiger partial charge on any atom is -0.328 e. The van der Waals surface area contributed by atoms with E-state index in [4.69, 9.17) is 0 Å². The molecule has 3 rings (SSSR count). The summed E-state index contributed by atoms with van der Waals surface area (Å²) in [7, 11) is 0. The van der Waals surface area contributed by atoms with Gasteiger partial charge in [0.25, 0.3) is 0 Å². The molecule has 2 nitrogen and oxygen atoms in total. The van der Waals surface area contributed by atoms with Crippen LogP contribution in [0.4, 0.5) is 11.4 Å². The fraction of sp³-hybridized carbons (Fsp3) is 0.333. The lowest BCUT2D eigenvalue weighted by molar-refractivity contribution is 0.954. The summed E-state index contributed by atoms with van der Waals surface area (Å²) in [6.45, 7) is 14.0. The number of nitrogens with zero attached hydrogens (tertiary/aromatic N) is 2. The molecule has 0 saturated heterocycles. The predicted octanol–water partition coefficient (Wildman–Crippen LogP) is 5.87. The van der Waals surface area contributed by atoms with Crippen LogP contribution in [0.25, 0.3) is 0 Å². The standard InChI is InChI=1S/C21H26N2.BrH/c1-14-9-16(3)20(17(4)10-14)22-7-8-23(13-22)21-18(5)11-15(2)12-19(21)6;/h7-12H,13H2,1-6H3;1H. The number of hydrogen-bond donors (Lipinski definition) is 0. The normalized spacial score (nSPS) is 13.4. The Morgan fingerprint density at radius 2 is 0.875 bits per heavy atom. The highest BCUT2D eigenvalue weighted by molar-refractivity contribution is 8.93. The molecular formula is C21H27BrN2. The van der Waals surface area contributed by atoms with Crippen LogP contribution >= 0.6 is 17.0 Å². The van der Waals surface area contributed by atoms with E-state index in [0.29, 0.717) is 0 Å². The Kier molecular flexibility index (Phi) is 5.44. The Morgan fingerprint density at radius 3 is 1.17 bits per heavy atom. The fourth-order valence-corrected chi connectivity index (χ4v) is 3.96. The van der Waals surface area contributed by atoms with E-state index in [1.807, 2.05) is 0 Å². The second kappa shape index (κ2) is 7.02. The van der Waals surface area contributed by atoms with Crippen molar-refractivity contribution >= 4 is 28.4 Å². The van der Waals surface area contributed by atoms with Gasteiger partial charge in [-0.2, -0.15) is 0 Å². The van der Waals surface area contributed by atoms with Gasteiger partial charge in [-0.05, 0) is 63.8 Å². The first-order chi connectivity index (χ1) is 10.9. The van der Waals surface area contributed by atoms with Gasteiger partial charge in [0.05, 0.1) is 6.67 Å². The SMILES string of the molecule is Br.Cc1cc(C)c(N2C=CN(c3c(C)cc(C)cc3C)C2)c(C)c1. The number of benzene rings is 2. The topological polar surface area (TPSA) is 6.48 Å². The first-order valence-electron chi connectivity index (χ1n) is 8.24. The number of anilines is 2. The fourth-order valence-electron chi connectivity index (χ4n) is 3.96. The summed E-state index contributed by atoms with van der Waals surface area (Å²) >= 11 is 0. The van der Waals surface area contributed by atoms with Crippen molar-refractivity contribution in [2.75, 3.05) is 16.5 Å². The molecule has 0 radical (unpaired) electrons. The van der Waals surface area contributed by atoms with Gasteiger partial charge in [-0.25, -0.2) is 0 Å². The lowest BCUT2D eigenvalue weighted by atomic mass is 10.0. The number of rotatable bonds is 2. The Balaban J connectivity index is 0.00000208. The van der Waals surface area contributed by atoms with Crippen molar-refractivity contribution in [3.05, 3.63) is 70.0 Å². The molecule has 0 amide bonds. The molecule has 128 valence electrons. The van der Waals surface area contributed by atoms with Crippen molar-refractivity contribution < 1.29 is 0 Å². The van der Waals surface area contributed by atoms with Gasteiger partial charge in [-0.3, -0.25) is 0 Å². The van der Waals surface area contributed by atoms with Crippen LogP contribution in [-0.4, -0.2) is 6.67 Å². The third-order valence-electron chi connectivity index (χ3n) is 4.58. The van der Waals surface area contributed by atoms with Gasteiger partial charge in [-0.1, -0.05) is 35.4 Å². The smallest absolute Gasteiger partial charge is 0.0989 e. The molecule has 1 aliphatic rings. The molecule has 0 aliphatic carbocycles. The number of hydrogen-bond acceptors (Lipinski definition) is 2. The summed E-state index contributed by atoms with van der Waals surface area (Å²) in [5.41, 5.74) is 10.7. The van der Waals surface area contributed by atoms with E-state index in [0.717, 1.165) is 6.67 Å². The molecule has 3 heteroatoms. The van der Waals surface area contributed by atoms with Crippen molar-refractivity contribution in [1.29, 1.82) is 0 Å². The summed E-state index contributed by atoms with van der Waals surface area (Å²) in [4.78, 5) is 4.70. The molecule has 0 bridgehead atoms. The third kappa shape index (κ3) is 3.36. The lowest BCUT2D eigenvalue weighted by Gasteiger charge is -2.27. The molecule has 0 unspecified atom stereocenters. The second-order valence-electron chi connectivity index (χ2n) is 6.87. The quantitative estimate of drug-likeness (QED) is 0.636. The van der Waals surface area contributed by atoms with E-state index in [9.17, 15) is 0 Å². The highest BCUT2D eigenvalue weighted by atomic mass is 79.9. The number of aryl methyl sites for hydroxylation is 6. The van der Waals surface area contributed by atoms with Crippen LogP contribution < -0.4 is 9.80 Å². The molecule has 0 N–H and O–H groups in total. The van der Waals surface area contributed by atoms with Crippen molar-refractivity contribution in [2.24, 2.45) is 0 Å². The maximum atomic E-state index is 2.35. The Hall–Kier alpha value is -1.74. The molecule has 0 aromatic heterocycles. The van der Waals surface area contributed by atoms with Crippen LogP contribution in [0.5, 0.6) is 0 Å². The Morgan fingerprint density at radius 1 is 0.583 bits per heavy atom. The van der Waals surface area contributed by atoms with Gasteiger partial charge in [-0.15, -0.1) is 17.0 Å². The first kappa shape index (κ1) is 18.6. The van der Waals surface area contributed by atoms with Crippen LogP contribution in [0.2, 0.25) is 0 Å². The van der Waals surface area contributed by atoms with E-state index in [1.54, 1.807) is 0 Å². The number of halogens is 1. The zero-order valence-corrected chi connectivity index (χ0v) is 17.2. The zero-order valence-electron chi connectivity index (χ0n) is 15.5. The van der Waals surface area contributed by atoms with Crippen molar-refractivity contribution in [1.82, 2.24) is 0 Å². The summed E-state index contributed by atoms with van der Waals surface area (Å²) < 4.78 is 0. The molecule has 0 fully saturated rings. The molecule has 24 heavy (non-hydrogen) atoms. The summed E-state index contributed by atoms with van der Waals surface area (Å²) in [6.07, 6.45) is 4.40. The minimum absolute atomic E-state index is 0. The monoisotopic (exact) mass is 386 g/mol. The highest BCUT2D eigenvalue weighted by Crippen LogP contribution is 2.33. The molecule has 0 atom stereocenters. The zero-order chi connectivity index (χ0) is 16.7. The van der Waals surface area contributed by atoms with Gasteiger partial charge in [0, 0.05) is 23.8 Å². The van der Waals surface area contributed by atoms with Gasteiger partial charge in [0.1, 0.15) is 0 Å². The summed E-state index contributed by atoms with van der Waals surface area (Å²) in [5.74, 6) is 0. The summed E-state index contributed by atoms with van der Waals surface area (Å²) in [6, 6.07) is 9.06. The third-order valence-corrected chi connectivity index (χ3v) is 4.58. The van der Waals surface area contributed by atoms with Crippen molar-refractivity contribution in [3.63, 3.8) is 0 Å². The molecule has 0 spiro atoms. The summed E-state index contributed by atoms with van der Waals surface area (Å²) in [5, 5.41) is 0. The Labute approximate surface area is 156 Å². The van der Waals surface area contributed by atoms with Crippen LogP contribution in [0, 0.1) is 41.5 Å². The molecule has 2 aromatic rings. The highest BCUT2D eigenvalue weighted by Gasteiger charge is 2.21. The van der Waals surface area contributed by atoms with Crippen molar-refractivity contribution in [3.8, 4) is 0 Å². The molecule has 2 aromatic carbocycles. The van der Waals surface area contributed by atoms with Crippen LogP contribution in [0.1, 0.15) is 33.4 Å². The van der Waals surface area contributed by atoms with Gasteiger partial charge in [0.2, 0.25) is 0 Å². The average molecular weight is 387 g/mol. The lowest BCUT2D eigenvalue weighted by Crippen LogP contribution is -2.26. The van der Waals surface area contributed by atoms with E-state index >= 15 is 0 Å². The first-order valence-corrected chi connectivity index (χ1v) is 8.24. The maximum Gasteiger partial charge on any atom is 0.0989 e. The van der Waals surface area contributed by atoms with Crippen LogP contribution in [-0.2, 0) is 0 Å². The van der Waals surface area contributed by atoms with E-state index in [2.05, 4.69) is 88.0 Å². The van der Waals surface area contributed by atoms with Crippen molar-refractivity contribution in [2.45, 2.75) is 41.5 Å². The molecule has 1 aliphatic heterocycles. The van der Waals surface area contributed by atoms with Gasteiger partial charge < -0.3 is 9.80 Å². The molecule has 0 saturated carbocycles. The van der Waals surface area contributed by atoms with Crippen LogP contribution in [0.3, 0.4) is 0 Å². The Bertz CT molecular complexity index is 681. The molecule has 1 heterocycles. The molecular weight excluding hydrogens is 360 g/mol. The average Bonchev–Trinajstić information content (AvgIpc) is 2.85. The largest absolute Gasteiger partial charge is 0.328 e. The van der Waals surface area contributed by atoms with E-state index in [-0.39, 0.29) is 17.0 Å². The second-order valence-corrected chi connectivity index (χ2v) is 6.87. The van der Waals surface area contributed by atoms with E-state index in [1.165, 1.54) is 44.8 Å². The minimum atomic E-state index is 0. The maximum absolute atomic E-state index is 2.35. The van der Waals surface area contributed by atoms with E-state index < -0.39 is 0 Å². The van der Waals surface area contributed by atoms with Gasteiger partial charge >= 0.3 is 0 Å².